The molecule has 0 saturated heterocycles. The van der Waals surface area contributed by atoms with Crippen LogP contribution in [0.4, 0.5) is 0 Å². The second kappa shape index (κ2) is 4.68. The molecule has 2 nitrogen and oxygen atoms in total. The molecule has 4 rings (SSSR count). The highest BCUT2D eigenvalue weighted by molar-refractivity contribution is 7.94. The van der Waals surface area contributed by atoms with Crippen molar-refractivity contribution < 1.29 is 9.22 Å². The van der Waals surface area contributed by atoms with Crippen LogP contribution in [0.3, 0.4) is 0 Å². The average molecular weight is 268 g/mol. The Labute approximate surface area is 114 Å². The molecule has 0 aromatic carbocycles. The molecule has 4 aliphatic rings. The highest BCUT2D eigenvalue weighted by Gasteiger charge is 2.62. The summed E-state index contributed by atoms with van der Waals surface area (Å²) in [6.45, 7) is 2.17. The van der Waals surface area contributed by atoms with E-state index >= 15 is 0 Å². The zero-order chi connectivity index (χ0) is 12.1. The number of rotatable bonds is 5. The van der Waals surface area contributed by atoms with Gasteiger partial charge in [-0.05, 0) is 74.0 Å². The Balaban J connectivity index is 1.37. The number of hydrogen-bond donors (Lipinski definition) is 0. The summed E-state index contributed by atoms with van der Waals surface area (Å²) >= 11 is 1.49. The van der Waals surface area contributed by atoms with Crippen molar-refractivity contribution in [3.05, 3.63) is 0 Å². The summed E-state index contributed by atoms with van der Waals surface area (Å²) in [6.07, 6.45) is 8.87. The molecule has 4 fully saturated rings. The lowest BCUT2D eigenvalue weighted by molar-refractivity contribution is -0.251. The third-order valence-electron chi connectivity index (χ3n) is 6.17. The van der Waals surface area contributed by atoms with Gasteiger partial charge < -0.3 is 0 Å². The standard InChI is InChI=1S/C15H24O2S/c1-2-5-18-17-16-13-8-11-7-12(13)15-10-4-3-9(6-10)14(11)15/h9-15H,2-8H2,1H3. The first-order valence-corrected chi connectivity index (χ1v) is 8.74. The van der Waals surface area contributed by atoms with Gasteiger partial charge in [0.2, 0.25) is 0 Å². The Hall–Kier alpha value is 0.270. The van der Waals surface area contributed by atoms with Gasteiger partial charge in [-0.1, -0.05) is 6.92 Å². The van der Waals surface area contributed by atoms with Crippen LogP contribution >= 0.6 is 12.0 Å². The Morgan fingerprint density at radius 3 is 2.67 bits per heavy atom. The fraction of sp³-hybridized carbons (Fsp3) is 1.00. The van der Waals surface area contributed by atoms with Gasteiger partial charge in [0.25, 0.3) is 0 Å². The van der Waals surface area contributed by atoms with Crippen molar-refractivity contribution >= 4 is 12.0 Å². The van der Waals surface area contributed by atoms with Gasteiger partial charge >= 0.3 is 0 Å². The molecular weight excluding hydrogens is 244 g/mol. The van der Waals surface area contributed by atoms with Crippen molar-refractivity contribution in [3.63, 3.8) is 0 Å². The predicted molar refractivity (Wildman–Crippen MR) is 72.7 cm³/mol. The monoisotopic (exact) mass is 268 g/mol. The summed E-state index contributed by atoms with van der Waals surface area (Å²) in [5, 5.41) is 0. The smallest absolute Gasteiger partial charge is 0.0976 e. The van der Waals surface area contributed by atoms with Gasteiger partial charge in [-0.3, -0.25) is 0 Å². The highest BCUT2D eigenvalue weighted by atomic mass is 32.2. The van der Waals surface area contributed by atoms with E-state index in [4.69, 9.17) is 9.22 Å². The summed E-state index contributed by atoms with van der Waals surface area (Å²) in [5.41, 5.74) is 0. The summed E-state index contributed by atoms with van der Waals surface area (Å²) in [7, 11) is 0. The third kappa shape index (κ3) is 1.70. The van der Waals surface area contributed by atoms with Gasteiger partial charge in [0.1, 0.15) is 0 Å². The van der Waals surface area contributed by atoms with Crippen molar-refractivity contribution in [1.82, 2.24) is 0 Å². The van der Waals surface area contributed by atoms with E-state index in [-0.39, 0.29) is 0 Å². The molecule has 0 aliphatic heterocycles. The Kier molecular flexibility index (Phi) is 3.13. The van der Waals surface area contributed by atoms with Crippen LogP contribution < -0.4 is 0 Å². The maximum Gasteiger partial charge on any atom is 0.0976 e. The Morgan fingerprint density at radius 2 is 1.83 bits per heavy atom. The largest absolute Gasteiger partial charge is 0.221 e. The quantitative estimate of drug-likeness (QED) is 0.246. The minimum absolute atomic E-state index is 0.417. The maximum atomic E-state index is 5.72. The Bertz CT molecular complexity index is 322. The van der Waals surface area contributed by atoms with Crippen molar-refractivity contribution in [1.29, 1.82) is 0 Å². The van der Waals surface area contributed by atoms with Crippen LogP contribution in [0.1, 0.15) is 45.4 Å². The topological polar surface area (TPSA) is 18.5 Å². The molecule has 102 valence electrons. The second-order valence-electron chi connectivity index (χ2n) is 6.91. The van der Waals surface area contributed by atoms with Gasteiger partial charge in [-0.25, -0.2) is 4.89 Å². The molecule has 7 atom stereocenters. The number of hydrogen-bond acceptors (Lipinski definition) is 3. The highest BCUT2D eigenvalue weighted by Crippen LogP contribution is 2.67. The molecule has 0 aromatic rings. The molecule has 18 heavy (non-hydrogen) atoms. The fourth-order valence-electron chi connectivity index (χ4n) is 5.81. The second-order valence-corrected chi connectivity index (χ2v) is 7.69. The normalized spacial score (nSPS) is 52.2. The molecule has 4 aliphatic carbocycles. The van der Waals surface area contributed by atoms with Crippen molar-refractivity contribution in [2.45, 2.75) is 51.6 Å². The van der Waals surface area contributed by atoms with Crippen molar-refractivity contribution in [3.8, 4) is 0 Å². The van der Waals surface area contributed by atoms with Crippen LogP contribution in [0.25, 0.3) is 0 Å². The van der Waals surface area contributed by atoms with Gasteiger partial charge in [0.15, 0.2) is 0 Å². The number of fused-ring (bicyclic) bond motifs is 9. The van der Waals surface area contributed by atoms with Crippen molar-refractivity contribution in [2.75, 3.05) is 5.75 Å². The van der Waals surface area contributed by atoms with E-state index in [2.05, 4.69) is 6.92 Å². The van der Waals surface area contributed by atoms with Crippen LogP contribution in [0.5, 0.6) is 0 Å². The lowest BCUT2D eigenvalue weighted by Gasteiger charge is -2.37. The molecule has 0 heterocycles. The third-order valence-corrected chi connectivity index (χ3v) is 6.92. The zero-order valence-corrected chi connectivity index (χ0v) is 12.0. The van der Waals surface area contributed by atoms with Gasteiger partial charge in [0, 0.05) is 17.8 Å². The summed E-state index contributed by atoms with van der Waals surface area (Å²) in [4.78, 5) is 5.72. The molecule has 4 saturated carbocycles. The Morgan fingerprint density at radius 1 is 1.00 bits per heavy atom. The van der Waals surface area contributed by atoms with Gasteiger partial charge in [-0.2, -0.15) is 4.33 Å². The fourth-order valence-corrected chi connectivity index (χ4v) is 6.20. The lowest BCUT2D eigenvalue weighted by Crippen LogP contribution is -2.36. The van der Waals surface area contributed by atoms with Crippen LogP contribution in [-0.2, 0) is 9.22 Å². The summed E-state index contributed by atoms with van der Waals surface area (Å²) < 4.78 is 5.36. The van der Waals surface area contributed by atoms with Gasteiger partial charge in [0.05, 0.1) is 6.10 Å². The van der Waals surface area contributed by atoms with Crippen molar-refractivity contribution in [2.24, 2.45) is 35.5 Å². The molecule has 7 unspecified atom stereocenters. The summed E-state index contributed by atoms with van der Waals surface area (Å²) in [5.74, 6) is 7.06. The van der Waals surface area contributed by atoms with Crippen LogP contribution in [-0.4, -0.2) is 11.9 Å². The van der Waals surface area contributed by atoms with Gasteiger partial charge in [-0.15, -0.1) is 0 Å². The minimum atomic E-state index is 0.417. The zero-order valence-electron chi connectivity index (χ0n) is 11.2. The van der Waals surface area contributed by atoms with E-state index in [1.165, 1.54) is 37.7 Å². The first kappa shape index (κ1) is 12.0. The molecule has 0 aromatic heterocycles. The van der Waals surface area contributed by atoms with E-state index in [9.17, 15) is 0 Å². The molecular formula is C15H24O2S. The van der Waals surface area contributed by atoms with Crippen LogP contribution in [0.2, 0.25) is 0 Å². The maximum absolute atomic E-state index is 5.72. The van der Waals surface area contributed by atoms with Crippen LogP contribution in [0.15, 0.2) is 0 Å². The molecule has 3 heteroatoms. The van der Waals surface area contributed by atoms with E-state index in [0.29, 0.717) is 6.10 Å². The van der Waals surface area contributed by atoms with E-state index < -0.39 is 0 Å². The average Bonchev–Trinajstić information content (AvgIpc) is 3.10. The molecule has 0 radical (unpaired) electrons. The van der Waals surface area contributed by atoms with E-state index in [1.807, 2.05) is 0 Å². The molecule has 0 N–H and O–H groups in total. The van der Waals surface area contributed by atoms with E-state index in [0.717, 1.165) is 47.7 Å². The summed E-state index contributed by atoms with van der Waals surface area (Å²) in [6, 6.07) is 0. The predicted octanol–water partition coefficient (Wildman–Crippen LogP) is 4.06. The lowest BCUT2D eigenvalue weighted by atomic mass is 9.70. The molecule has 0 amide bonds. The van der Waals surface area contributed by atoms with E-state index in [1.54, 1.807) is 6.42 Å². The molecule has 4 bridgehead atoms. The van der Waals surface area contributed by atoms with Crippen LogP contribution in [0, 0.1) is 35.5 Å². The molecule has 0 spiro atoms. The first-order chi connectivity index (χ1) is 8.88. The SMILES string of the molecule is CCCSOOC1CC2CC1C1C3CCC(C3)C21. The minimum Gasteiger partial charge on any atom is -0.221 e. The first-order valence-electron chi connectivity index (χ1n) is 7.83.